The maximum Gasteiger partial charge on any atom is 0.214 e. The second-order valence-corrected chi connectivity index (χ2v) is 6.65. The Labute approximate surface area is 142 Å². The van der Waals surface area contributed by atoms with Gasteiger partial charge in [0.05, 0.1) is 10.9 Å². The maximum atomic E-state index is 13.0. The van der Waals surface area contributed by atoms with Crippen LogP contribution >= 0.6 is 11.8 Å². The standard InChI is InChI=1S/C17H15FN4OS/c1-11-3-9-15(10-4-11)22-17(19-20-21-22)24-12(2)16(23)13-5-7-14(18)8-6-13/h3-10,12H,1-2H3. The van der Waals surface area contributed by atoms with Gasteiger partial charge < -0.3 is 0 Å². The number of aryl methyl sites for hydroxylation is 1. The van der Waals surface area contributed by atoms with Crippen LogP contribution in [0.4, 0.5) is 4.39 Å². The molecule has 0 aliphatic rings. The van der Waals surface area contributed by atoms with E-state index in [9.17, 15) is 9.18 Å². The summed E-state index contributed by atoms with van der Waals surface area (Å²) in [5.74, 6) is -0.464. The summed E-state index contributed by atoms with van der Waals surface area (Å²) in [5, 5.41) is 11.8. The molecule has 3 aromatic rings. The van der Waals surface area contributed by atoms with Gasteiger partial charge in [0.2, 0.25) is 5.16 Å². The lowest BCUT2D eigenvalue weighted by Gasteiger charge is -2.10. The molecule has 1 atom stereocenters. The molecule has 0 aliphatic carbocycles. The molecule has 0 amide bonds. The molecule has 1 heterocycles. The highest BCUT2D eigenvalue weighted by molar-refractivity contribution is 8.00. The number of benzene rings is 2. The first-order chi connectivity index (χ1) is 11.5. The van der Waals surface area contributed by atoms with E-state index in [1.807, 2.05) is 31.2 Å². The zero-order valence-electron chi connectivity index (χ0n) is 13.2. The molecule has 0 radical (unpaired) electrons. The van der Waals surface area contributed by atoms with Crippen LogP contribution in [0.2, 0.25) is 0 Å². The average Bonchev–Trinajstić information content (AvgIpc) is 3.03. The predicted octanol–water partition coefficient (Wildman–Crippen LogP) is 3.47. The Kier molecular flexibility index (Phi) is 4.71. The Morgan fingerprint density at radius 3 is 2.46 bits per heavy atom. The third-order valence-electron chi connectivity index (χ3n) is 3.50. The topological polar surface area (TPSA) is 60.7 Å². The molecule has 1 aromatic heterocycles. The van der Waals surface area contributed by atoms with Crippen molar-refractivity contribution >= 4 is 17.5 Å². The molecule has 0 saturated carbocycles. The zero-order chi connectivity index (χ0) is 17.1. The molecule has 1 unspecified atom stereocenters. The normalized spacial score (nSPS) is 12.1. The average molecular weight is 342 g/mol. The van der Waals surface area contributed by atoms with Gasteiger partial charge in [-0.3, -0.25) is 4.79 Å². The second-order valence-electron chi connectivity index (χ2n) is 5.34. The van der Waals surface area contributed by atoms with E-state index in [1.54, 1.807) is 11.6 Å². The Balaban J connectivity index is 1.79. The van der Waals surface area contributed by atoms with E-state index in [-0.39, 0.29) is 11.6 Å². The predicted molar refractivity (Wildman–Crippen MR) is 89.9 cm³/mol. The van der Waals surface area contributed by atoms with Gasteiger partial charge in [-0.15, -0.1) is 5.10 Å². The van der Waals surface area contributed by atoms with Crippen molar-refractivity contribution in [3.8, 4) is 5.69 Å². The first-order valence-electron chi connectivity index (χ1n) is 7.36. The summed E-state index contributed by atoms with van der Waals surface area (Å²) in [6.07, 6.45) is 0. The number of carbonyl (C=O) groups excluding carboxylic acids is 1. The van der Waals surface area contributed by atoms with Crippen LogP contribution in [-0.4, -0.2) is 31.2 Å². The molecule has 0 bridgehead atoms. The molecular weight excluding hydrogens is 327 g/mol. The molecule has 2 aromatic carbocycles. The minimum absolute atomic E-state index is 0.0987. The van der Waals surface area contributed by atoms with Gasteiger partial charge in [-0.2, -0.15) is 4.68 Å². The maximum absolute atomic E-state index is 13.0. The number of halogens is 1. The minimum atomic E-state index is -0.398. The lowest BCUT2D eigenvalue weighted by atomic mass is 10.1. The quantitative estimate of drug-likeness (QED) is 0.525. The molecular formula is C17H15FN4OS. The number of rotatable bonds is 5. The monoisotopic (exact) mass is 342 g/mol. The smallest absolute Gasteiger partial charge is 0.214 e. The summed E-state index contributed by atoms with van der Waals surface area (Å²) in [7, 11) is 0. The first kappa shape index (κ1) is 16.3. The first-order valence-corrected chi connectivity index (χ1v) is 8.24. The second kappa shape index (κ2) is 6.92. The van der Waals surface area contributed by atoms with Crippen LogP contribution in [-0.2, 0) is 0 Å². The van der Waals surface area contributed by atoms with E-state index in [2.05, 4.69) is 15.5 Å². The molecule has 0 N–H and O–H groups in total. The fourth-order valence-corrected chi connectivity index (χ4v) is 3.05. The molecule has 0 fully saturated rings. The molecule has 122 valence electrons. The fraction of sp³-hybridized carbons (Fsp3) is 0.176. The Morgan fingerprint density at radius 2 is 1.79 bits per heavy atom. The number of nitrogens with zero attached hydrogens (tertiary/aromatic N) is 4. The van der Waals surface area contributed by atoms with Gasteiger partial charge >= 0.3 is 0 Å². The highest BCUT2D eigenvalue weighted by Gasteiger charge is 2.20. The van der Waals surface area contributed by atoms with Gasteiger partial charge in [-0.25, -0.2) is 4.39 Å². The van der Waals surface area contributed by atoms with Crippen molar-refractivity contribution in [3.63, 3.8) is 0 Å². The van der Waals surface area contributed by atoms with Crippen molar-refractivity contribution in [3.05, 3.63) is 65.5 Å². The molecule has 0 spiro atoms. The molecule has 0 aliphatic heterocycles. The third kappa shape index (κ3) is 3.51. The van der Waals surface area contributed by atoms with Crippen molar-refractivity contribution in [1.29, 1.82) is 0 Å². The molecule has 24 heavy (non-hydrogen) atoms. The van der Waals surface area contributed by atoms with E-state index < -0.39 is 5.25 Å². The Hall–Kier alpha value is -2.54. The van der Waals surface area contributed by atoms with E-state index >= 15 is 0 Å². The van der Waals surface area contributed by atoms with Crippen LogP contribution in [0, 0.1) is 12.7 Å². The summed E-state index contributed by atoms with van der Waals surface area (Å²) >= 11 is 1.27. The third-order valence-corrected chi connectivity index (χ3v) is 4.53. The van der Waals surface area contributed by atoms with Crippen LogP contribution < -0.4 is 0 Å². The van der Waals surface area contributed by atoms with E-state index in [4.69, 9.17) is 0 Å². The number of ketones is 1. The van der Waals surface area contributed by atoms with Crippen LogP contribution in [0.1, 0.15) is 22.8 Å². The molecule has 5 nitrogen and oxygen atoms in total. The van der Waals surface area contributed by atoms with Gasteiger partial charge in [0.25, 0.3) is 0 Å². The van der Waals surface area contributed by atoms with E-state index in [0.29, 0.717) is 10.7 Å². The van der Waals surface area contributed by atoms with Crippen molar-refractivity contribution in [2.45, 2.75) is 24.3 Å². The van der Waals surface area contributed by atoms with Crippen molar-refractivity contribution in [2.75, 3.05) is 0 Å². The fourth-order valence-electron chi connectivity index (χ4n) is 2.16. The SMILES string of the molecule is Cc1ccc(-n2nnnc2SC(C)C(=O)c2ccc(F)cc2)cc1. The van der Waals surface area contributed by atoms with Crippen molar-refractivity contribution < 1.29 is 9.18 Å². The largest absolute Gasteiger partial charge is 0.293 e. The number of hydrogen-bond donors (Lipinski definition) is 0. The van der Waals surface area contributed by atoms with Gasteiger partial charge in [-0.1, -0.05) is 29.5 Å². The summed E-state index contributed by atoms with van der Waals surface area (Å²) in [6.45, 7) is 3.78. The van der Waals surface area contributed by atoms with Crippen molar-refractivity contribution in [2.24, 2.45) is 0 Å². The number of thioether (sulfide) groups is 1. The van der Waals surface area contributed by atoms with E-state index in [1.165, 1.54) is 36.0 Å². The lowest BCUT2D eigenvalue weighted by Crippen LogP contribution is -2.14. The Bertz CT molecular complexity index is 846. The minimum Gasteiger partial charge on any atom is -0.293 e. The highest BCUT2D eigenvalue weighted by atomic mass is 32.2. The number of hydrogen-bond acceptors (Lipinski definition) is 5. The van der Waals surface area contributed by atoms with Crippen LogP contribution in [0.25, 0.3) is 5.69 Å². The number of carbonyl (C=O) groups is 1. The van der Waals surface area contributed by atoms with E-state index in [0.717, 1.165) is 11.3 Å². The summed E-state index contributed by atoms with van der Waals surface area (Å²) < 4.78 is 14.6. The highest BCUT2D eigenvalue weighted by Crippen LogP contribution is 2.25. The number of Topliss-reactive ketones (excluding diaryl/α,β-unsaturated/α-hetero) is 1. The van der Waals surface area contributed by atoms with Gasteiger partial charge in [0.1, 0.15) is 5.82 Å². The summed E-state index contributed by atoms with van der Waals surface area (Å²) in [5.41, 5.74) is 2.43. The Morgan fingerprint density at radius 1 is 1.12 bits per heavy atom. The van der Waals surface area contributed by atoms with Crippen molar-refractivity contribution in [1.82, 2.24) is 20.2 Å². The van der Waals surface area contributed by atoms with Gasteiger partial charge in [0, 0.05) is 5.56 Å². The van der Waals surface area contributed by atoms with Crippen LogP contribution in [0.15, 0.2) is 53.7 Å². The molecule has 7 heteroatoms. The number of tetrazole rings is 1. The van der Waals surface area contributed by atoms with Gasteiger partial charge in [0.15, 0.2) is 5.78 Å². The van der Waals surface area contributed by atoms with Crippen LogP contribution in [0.5, 0.6) is 0 Å². The molecule has 0 saturated heterocycles. The zero-order valence-corrected chi connectivity index (χ0v) is 14.0. The molecule has 3 rings (SSSR count). The summed E-state index contributed by atoms with van der Waals surface area (Å²) in [4.78, 5) is 12.5. The number of aromatic nitrogens is 4. The lowest BCUT2D eigenvalue weighted by molar-refractivity contribution is 0.0994. The van der Waals surface area contributed by atoms with Crippen LogP contribution in [0.3, 0.4) is 0 Å². The summed E-state index contributed by atoms with van der Waals surface area (Å²) in [6, 6.07) is 13.3. The van der Waals surface area contributed by atoms with Gasteiger partial charge in [-0.05, 0) is 60.7 Å².